The van der Waals surface area contributed by atoms with Crippen LogP contribution >= 0.6 is 43.2 Å². The van der Waals surface area contributed by atoms with E-state index in [4.69, 9.17) is 0 Å². The van der Waals surface area contributed by atoms with Crippen LogP contribution in [0.2, 0.25) is 0 Å². The second kappa shape index (κ2) is 7.64. The van der Waals surface area contributed by atoms with Crippen LogP contribution in [0.4, 0.5) is 0 Å². The summed E-state index contributed by atoms with van der Waals surface area (Å²) in [6.45, 7) is 3.70. The van der Waals surface area contributed by atoms with Gasteiger partial charge in [0.2, 0.25) is 0 Å². The van der Waals surface area contributed by atoms with Crippen LogP contribution in [0, 0.1) is 0 Å². The average molecular weight is 368 g/mol. The maximum Gasteiger partial charge on any atom is 0.0882 e. The quantitative estimate of drug-likeness (QED) is 0.502. The number of aliphatic hydroxyl groups is 1. The molecule has 1 heterocycles. The first-order valence-electron chi connectivity index (χ1n) is 5.39. The molecule has 0 bridgehead atoms. The van der Waals surface area contributed by atoms with Gasteiger partial charge in [-0.1, -0.05) is 18.9 Å². The zero-order chi connectivity index (χ0) is 12.0. The smallest absolute Gasteiger partial charge is 0.0882 e. The lowest BCUT2D eigenvalue weighted by Gasteiger charge is -2.07. The Labute approximate surface area is 118 Å². The number of unbranched alkanes of at least 4 members (excludes halogenated alkanes) is 3. The summed E-state index contributed by atoms with van der Waals surface area (Å²) in [4.78, 5) is 1.03. The van der Waals surface area contributed by atoms with Gasteiger partial charge in [-0.15, -0.1) is 17.9 Å². The summed E-state index contributed by atoms with van der Waals surface area (Å²) in [5, 5.41) is 9.96. The summed E-state index contributed by atoms with van der Waals surface area (Å²) in [5.74, 6) is 0. The lowest BCUT2D eigenvalue weighted by molar-refractivity contribution is 0.167. The molecule has 1 nitrogen and oxygen atoms in total. The normalized spacial score (nSPS) is 12.7. The van der Waals surface area contributed by atoms with Crippen molar-refractivity contribution < 1.29 is 5.11 Å². The van der Waals surface area contributed by atoms with Gasteiger partial charge in [-0.25, -0.2) is 0 Å². The minimum Gasteiger partial charge on any atom is -0.388 e. The predicted molar refractivity (Wildman–Crippen MR) is 78.0 cm³/mol. The molecule has 1 rings (SSSR count). The van der Waals surface area contributed by atoms with Crippen LogP contribution in [-0.2, 0) is 0 Å². The van der Waals surface area contributed by atoms with E-state index in [2.05, 4.69) is 38.4 Å². The molecule has 0 amide bonds. The van der Waals surface area contributed by atoms with E-state index in [0.29, 0.717) is 0 Å². The maximum absolute atomic E-state index is 9.96. The molecule has 1 aromatic heterocycles. The van der Waals surface area contributed by atoms with Crippen LogP contribution in [0.5, 0.6) is 0 Å². The van der Waals surface area contributed by atoms with Crippen LogP contribution in [0.3, 0.4) is 0 Å². The highest BCUT2D eigenvalue weighted by Gasteiger charge is 2.12. The highest BCUT2D eigenvalue weighted by Crippen LogP contribution is 2.36. The molecule has 0 spiro atoms. The lowest BCUT2D eigenvalue weighted by atomic mass is 10.1. The van der Waals surface area contributed by atoms with Gasteiger partial charge in [-0.2, -0.15) is 0 Å². The number of hydrogen-bond donors (Lipinski definition) is 1. The Morgan fingerprint density at radius 3 is 2.69 bits per heavy atom. The van der Waals surface area contributed by atoms with E-state index in [1.54, 1.807) is 11.3 Å². The first kappa shape index (κ1) is 14.4. The summed E-state index contributed by atoms with van der Waals surface area (Å²) in [5.41, 5.74) is 0. The molecular formula is C12H16Br2OS. The van der Waals surface area contributed by atoms with Gasteiger partial charge in [-0.3, -0.25) is 0 Å². The van der Waals surface area contributed by atoms with Crippen molar-refractivity contribution in [2.24, 2.45) is 0 Å². The molecule has 0 radical (unpaired) electrons. The highest BCUT2D eigenvalue weighted by atomic mass is 79.9. The van der Waals surface area contributed by atoms with Crippen molar-refractivity contribution in [3.63, 3.8) is 0 Å². The summed E-state index contributed by atoms with van der Waals surface area (Å²) in [7, 11) is 0. The molecular weight excluding hydrogens is 352 g/mol. The SMILES string of the molecule is C=CCCCCCC(O)c1cc(Br)c(Br)s1. The standard InChI is InChI=1S/C12H16Br2OS/c1-2-3-4-5-6-7-10(15)11-8-9(13)12(14)16-11/h2,8,10,15H,1,3-7H2. The van der Waals surface area contributed by atoms with E-state index in [1.807, 2.05) is 12.1 Å². The van der Waals surface area contributed by atoms with E-state index >= 15 is 0 Å². The van der Waals surface area contributed by atoms with Gasteiger partial charge >= 0.3 is 0 Å². The predicted octanol–water partition coefficient (Wildman–Crippen LogP) is 5.44. The molecule has 1 unspecified atom stereocenters. The fourth-order valence-corrected chi connectivity index (χ4v) is 3.58. The molecule has 0 fully saturated rings. The monoisotopic (exact) mass is 366 g/mol. The molecule has 90 valence electrons. The summed E-state index contributed by atoms with van der Waals surface area (Å²) in [6.07, 6.45) is 6.95. The first-order valence-corrected chi connectivity index (χ1v) is 7.79. The Balaban J connectivity index is 2.29. The number of aliphatic hydroxyl groups excluding tert-OH is 1. The van der Waals surface area contributed by atoms with Gasteiger partial charge in [0.25, 0.3) is 0 Å². The molecule has 1 aromatic rings. The van der Waals surface area contributed by atoms with Crippen molar-refractivity contribution in [2.75, 3.05) is 0 Å². The van der Waals surface area contributed by atoms with Crippen molar-refractivity contribution in [3.05, 3.63) is 31.9 Å². The van der Waals surface area contributed by atoms with Gasteiger partial charge in [0, 0.05) is 9.35 Å². The van der Waals surface area contributed by atoms with E-state index in [9.17, 15) is 5.11 Å². The number of thiophene rings is 1. The Hall–Kier alpha value is 0.360. The van der Waals surface area contributed by atoms with Crippen molar-refractivity contribution in [1.82, 2.24) is 0 Å². The van der Waals surface area contributed by atoms with Crippen LogP contribution in [0.1, 0.15) is 43.1 Å². The molecule has 0 saturated heterocycles. The topological polar surface area (TPSA) is 20.2 Å². The fourth-order valence-electron chi connectivity index (χ4n) is 1.47. The number of allylic oxidation sites excluding steroid dienone is 1. The molecule has 16 heavy (non-hydrogen) atoms. The zero-order valence-corrected chi connectivity index (χ0v) is 13.1. The number of halogens is 2. The lowest BCUT2D eigenvalue weighted by Crippen LogP contribution is -1.94. The summed E-state index contributed by atoms with van der Waals surface area (Å²) < 4.78 is 2.08. The summed E-state index contributed by atoms with van der Waals surface area (Å²) >= 11 is 8.46. The maximum atomic E-state index is 9.96. The Bertz CT molecular complexity index is 316. The van der Waals surface area contributed by atoms with Crippen molar-refractivity contribution in [1.29, 1.82) is 0 Å². The molecule has 0 aromatic carbocycles. The summed E-state index contributed by atoms with van der Waals surface area (Å²) in [6, 6.07) is 1.99. The Kier molecular flexibility index (Phi) is 6.89. The van der Waals surface area contributed by atoms with E-state index in [0.717, 1.165) is 38.8 Å². The second-order valence-corrected chi connectivity index (χ2v) is 6.97. The van der Waals surface area contributed by atoms with Crippen LogP contribution < -0.4 is 0 Å². The van der Waals surface area contributed by atoms with Crippen LogP contribution in [0.15, 0.2) is 27.0 Å². The van der Waals surface area contributed by atoms with E-state index < -0.39 is 0 Å². The molecule has 0 aliphatic carbocycles. The van der Waals surface area contributed by atoms with Gasteiger partial charge in [0.1, 0.15) is 0 Å². The van der Waals surface area contributed by atoms with Crippen molar-refractivity contribution in [2.45, 2.75) is 38.2 Å². The first-order chi connectivity index (χ1) is 7.65. The molecule has 4 heteroatoms. The molecule has 1 atom stereocenters. The molecule has 0 aliphatic rings. The van der Waals surface area contributed by atoms with Crippen LogP contribution in [0.25, 0.3) is 0 Å². The van der Waals surface area contributed by atoms with Gasteiger partial charge < -0.3 is 5.11 Å². The third-order valence-electron chi connectivity index (χ3n) is 2.38. The number of rotatable bonds is 7. The third-order valence-corrected chi connectivity index (χ3v) is 5.74. The molecule has 1 N–H and O–H groups in total. The van der Waals surface area contributed by atoms with Gasteiger partial charge in [-0.05, 0) is 57.2 Å². The fraction of sp³-hybridized carbons (Fsp3) is 0.500. The largest absolute Gasteiger partial charge is 0.388 e. The van der Waals surface area contributed by atoms with E-state index in [1.165, 1.54) is 6.42 Å². The molecule has 0 aliphatic heterocycles. The van der Waals surface area contributed by atoms with E-state index in [-0.39, 0.29) is 6.10 Å². The van der Waals surface area contributed by atoms with Gasteiger partial charge in [0.05, 0.1) is 9.89 Å². The minimum absolute atomic E-state index is 0.323. The second-order valence-electron chi connectivity index (χ2n) is 3.71. The Morgan fingerprint density at radius 2 is 2.12 bits per heavy atom. The zero-order valence-electron chi connectivity index (χ0n) is 9.09. The van der Waals surface area contributed by atoms with Gasteiger partial charge in [0.15, 0.2) is 0 Å². The Morgan fingerprint density at radius 1 is 1.38 bits per heavy atom. The highest BCUT2D eigenvalue weighted by molar-refractivity contribution is 9.13. The average Bonchev–Trinajstić information content (AvgIpc) is 2.59. The van der Waals surface area contributed by atoms with Crippen molar-refractivity contribution >= 4 is 43.2 Å². The number of hydrogen-bond acceptors (Lipinski definition) is 2. The minimum atomic E-state index is -0.323. The third kappa shape index (κ3) is 4.70. The van der Waals surface area contributed by atoms with Crippen molar-refractivity contribution in [3.8, 4) is 0 Å². The molecule has 0 saturated carbocycles. The van der Waals surface area contributed by atoms with Crippen LogP contribution in [-0.4, -0.2) is 5.11 Å².